The molecule has 0 saturated heterocycles. The normalized spacial score (nSPS) is 12.8. The summed E-state index contributed by atoms with van der Waals surface area (Å²) in [5, 5.41) is 12.2. The second-order valence-corrected chi connectivity index (χ2v) is 6.62. The maximum absolute atomic E-state index is 12.2. The Bertz CT molecular complexity index is 673. The minimum Gasteiger partial charge on any atom is -0.456 e. The van der Waals surface area contributed by atoms with Crippen LogP contribution in [0.3, 0.4) is 0 Å². The molecule has 1 radical (unpaired) electrons. The molecule has 0 unspecified atom stereocenters. The van der Waals surface area contributed by atoms with Gasteiger partial charge in [0.2, 0.25) is 5.91 Å². The molecule has 1 aromatic carbocycles. The first kappa shape index (κ1) is 21.3. The molecule has 0 heterocycles. The third-order valence-corrected chi connectivity index (χ3v) is 4.24. The molecule has 4 nitrogen and oxygen atoms in total. The fourth-order valence-electron chi connectivity index (χ4n) is 2.27. The predicted molar refractivity (Wildman–Crippen MR) is 104 cm³/mol. The van der Waals surface area contributed by atoms with E-state index in [1.807, 2.05) is 34.6 Å². The molecule has 6 heteroatoms. The standard InChI is InChI=1S/C19H26BClNO3/c1-7-12(4)17(10-15(11(2)3)19(23)22-6)25-18-13(5)8-14(20-24)9-16(18)21/h8-11,24H,7H2,1-6H3,(H,22,23)/b15-10-,17-12-. The summed E-state index contributed by atoms with van der Waals surface area (Å²) in [6.45, 7) is 9.78. The number of hydrogen-bond acceptors (Lipinski definition) is 3. The lowest BCUT2D eigenvalue weighted by atomic mass is 9.87. The van der Waals surface area contributed by atoms with Crippen LogP contribution in [0.1, 0.15) is 39.7 Å². The lowest BCUT2D eigenvalue weighted by Gasteiger charge is -2.17. The van der Waals surface area contributed by atoms with E-state index in [2.05, 4.69) is 5.32 Å². The quantitative estimate of drug-likeness (QED) is 0.339. The van der Waals surface area contributed by atoms with Gasteiger partial charge >= 0.3 is 7.48 Å². The smallest absolute Gasteiger partial charge is 0.326 e. The largest absolute Gasteiger partial charge is 0.456 e. The van der Waals surface area contributed by atoms with E-state index in [4.69, 9.17) is 21.4 Å². The molecule has 0 atom stereocenters. The molecule has 0 aliphatic heterocycles. The van der Waals surface area contributed by atoms with Crippen LogP contribution in [0.5, 0.6) is 5.75 Å². The minimum atomic E-state index is -0.131. The van der Waals surface area contributed by atoms with E-state index in [1.165, 1.54) is 0 Å². The lowest BCUT2D eigenvalue weighted by Crippen LogP contribution is -2.23. The van der Waals surface area contributed by atoms with Crippen LogP contribution in [0.25, 0.3) is 0 Å². The van der Waals surface area contributed by atoms with Gasteiger partial charge in [0.15, 0.2) is 0 Å². The van der Waals surface area contributed by atoms with Crippen molar-refractivity contribution in [3.63, 3.8) is 0 Å². The number of ether oxygens (including phenoxy) is 1. The molecule has 25 heavy (non-hydrogen) atoms. The number of carbonyl (C=O) groups excluding carboxylic acids is 1. The van der Waals surface area contributed by atoms with Gasteiger partial charge in [0.1, 0.15) is 11.5 Å². The molecule has 0 bridgehead atoms. The maximum Gasteiger partial charge on any atom is 0.326 e. The van der Waals surface area contributed by atoms with Crippen molar-refractivity contribution in [2.75, 3.05) is 7.05 Å². The number of amides is 1. The maximum atomic E-state index is 12.2. The summed E-state index contributed by atoms with van der Waals surface area (Å²) >= 11 is 6.32. The first-order valence-electron chi connectivity index (χ1n) is 8.33. The molecule has 2 N–H and O–H groups in total. The lowest BCUT2D eigenvalue weighted by molar-refractivity contribution is -0.117. The van der Waals surface area contributed by atoms with Crippen LogP contribution in [-0.2, 0) is 4.79 Å². The van der Waals surface area contributed by atoms with Gasteiger partial charge in [-0.1, -0.05) is 43.9 Å². The highest BCUT2D eigenvalue weighted by molar-refractivity contribution is 6.46. The first-order chi connectivity index (χ1) is 11.7. The molecule has 0 saturated carbocycles. The Morgan fingerprint density at radius 2 is 2.08 bits per heavy atom. The molecule has 1 aromatic rings. The average molecular weight is 363 g/mol. The van der Waals surface area contributed by atoms with Crippen molar-refractivity contribution in [2.24, 2.45) is 5.92 Å². The van der Waals surface area contributed by atoms with E-state index in [-0.39, 0.29) is 11.8 Å². The number of carbonyl (C=O) groups is 1. The van der Waals surface area contributed by atoms with Gasteiger partial charge in [-0.3, -0.25) is 4.79 Å². The molecular weight excluding hydrogens is 336 g/mol. The van der Waals surface area contributed by atoms with E-state index in [9.17, 15) is 4.79 Å². The van der Waals surface area contributed by atoms with Crippen molar-refractivity contribution in [2.45, 2.75) is 41.0 Å². The molecule has 0 aliphatic rings. The van der Waals surface area contributed by atoms with Gasteiger partial charge in [-0.15, -0.1) is 0 Å². The van der Waals surface area contributed by atoms with Crippen molar-refractivity contribution < 1.29 is 14.6 Å². The molecule has 0 fully saturated rings. The third kappa shape index (κ3) is 5.65. The summed E-state index contributed by atoms with van der Waals surface area (Å²) in [5.74, 6) is 1.05. The summed E-state index contributed by atoms with van der Waals surface area (Å²) in [5.41, 5.74) is 3.06. The monoisotopic (exact) mass is 362 g/mol. The minimum absolute atomic E-state index is 0.0474. The molecule has 0 aromatic heterocycles. The second-order valence-electron chi connectivity index (χ2n) is 6.21. The Kier molecular flexibility index (Phi) is 8.26. The number of hydrogen-bond donors (Lipinski definition) is 2. The Balaban J connectivity index is 3.39. The number of aryl methyl sites for hydroxylation is 1. The van der Waals surface area contributed by atoms with Crippen LogP contribution in [0.15, 0.2) is 35.1 Å². The van der Waals surface area contributed by atoms with Crippen molar-refractivity contribution in [3.05, 3.63) is 45.7 Å². The highest BCUT2D eigenvalue weighted by Gasteiger charge is 2.16. The van der Waals surface area contributed by atoms with E-state index in [1.54, 1.807) is 25.3 Å². The first-order valence-corrected chi connectivity index (χ1v) is 8.71. The van der Waals surface area contributed by atoms with Gasteiger partial charge in [0.25, 0.3) is 0 Å². The van der Waals surface area contributed by atoms with Crippen molar-refractivity contribution >= 4 is 30.5 Å². The molecule has 1 amide bonds. The SMILES string of the molecule is CC/C(C)=C(/C=C(\C(=O)NC)C(C)C)Oc1c(C)cc([B]O)cc1Cl. The van der Waals surface area contributed by atoms with Crippen LogP contribution < -0.4 is 15.5 Å². The van der Waals surface area contributed by atoms with E-state index in [0.717, 1.165) is 25.0 Å². The number of allylic oxidation sites excluding steroid dienone is 2. The topological polar surface area (TPSA) is 58.6 Å². The number of nitrogens with one attached hydrogen (secondary N) is 1. The van der Waals surface area contributed by atoms with Crippen LogP contribution in [-0.4, -0.2) is 25.5 Å². The van der Waals surface area contributed by atoms with Gasteiger partial charge in [0.05, 0.1) is 5.02 Å². The van der Waals surface area contributed by atoms with Crippen molar-refractivity contribution in [3.8, 4) is 5.75 Å². The van der Waals surface area contributed by atoms with E-state index < -0.39 is 0 Å². The van der Waals surface area contributed by atoms with E-state index >= 15 is 0 Å². The highest BCUT2D eigenvalue weighted by atomic mass is 35.5. The van der Waals surface area contributed by atoms with Gasteiger partial charge in [-0.2, -0.15) is 0 Å². The average Bonchev–Trinajstić information content (AvgIpc) is 2.58. The summed E-state index contributed by atoms with van der Waals surface area (Å²) in [7, 11) is 2.61. The Morgan fingerprint density at radius 3 is 2.52 bits per heavy atom. The summed E-state index contributed by atoms with van der Waals surface area (Å²) in [6, 6.07) is 3.42. The van der Waals surface area contributed by atoms with Gasteiger partial charge in [-0.05, 0) is 49.5 Å². The number of halogens is 1. The zero-order chi connectivity index (χ0) is 19.1. The van der Waals surface area contributed by atoms with Crippen LogP contribution in [0.4, 0.5) is 0 Å². The fourth-order valence-corrected chi connectivity index (χ4v) is 2.58. The van der Waals surface area contributed by atoms with E-state index in [0.29, 0.717) is 27.6 Å². The number of rotatable bonds is 7. The Morgan fingerprint density at radius 1 is 1.44 bits per heavy atom. The molecule has 1 rings (SSSR count). The Labute approximate surface area is 156 Å². The van der Waals surface area contributed by atoms with Gasteiger partial charge < -0.3 is 15.1 Å². The fraction of sp³-hybridized carbons (Fsp3) is 0.421. The second kappa shape index (κ2) is 9.69. The molecular formula is C19H26BClNO3. The van der Waals surface area contributed by atoms with Crippen LogP contribution >= 0.6 is 11.6 Å². The summed E-state index contributed by atoms with van der Waals surface area (Å²) in [4.78, 5) is 12.2. The molecule has 0 aliphatic carbocycles. The predicted octanol–water partition coefficient (Wildman–Crippen LogP) is 3.28. The number of benzene rings is 1. The van der Waals surface area contributed by atoms with Gasteiger partial charge in [0, 0.05) is 12.6 Å². The van der Waals surface area contributed by atoms with Gasteiger partial charge in [-0.25, -0.2) is 0 Å². The van der Waals surface area contributed by atoms with Crippen LogP contribution in [0, 0.1) is 12.8 Å². The molecule has 0 spiro atoms. The van der Waals surface area contributed by atoms with Crippen molar-refractivity contribution in [1.29, 1.82) is 0 Å². The zero-order valence-electron chi connectivity index (χ0n) is 15.7. The number of likely N-dealkylation sites (N-methyl/N-ethyl adjacent to an activating group) is 1. The van der Waals surface area contributed by atoms with Crippen LogP contribution in [0.2, 0.25) is 5.02 Å². The molecule has 135 valence electrons. The summed E-state index contributed by atoms with van der Waals surface area (Å²) < 4.78 is 6.10. The summed E-state index contributed by atoms with van der Waals surface area (Å²) in [6.07, 6.45) is 2.56. The third-order valence-electron chi connectivity index (χ3n) is 3.96. The Hall–Kier alpha value is -1.72. The highest BCUT2D eigenvalue weighted by Crippen LogP contribution is 2.31. The van der Waals surface area contributed by atoms with Crippen molar-refractivity contribution in [1.82, 2.24) is 5.32 Å². The zero-order valence-corrected chi connectivity index (χ0v) is 16.5.